The molecule has 1 saturated carbocycles. The molecule has 1 aromatic rings. The zero-order valence-corrected chi connectivity index (χ0v) is 13.1. The van der Waals surface area contributed by atoms with Gasteiger partial charge in [0.15, 0.2) is 0 Å². The van der Waals surface area contributed by atoms with Gasteiger partial charge in [0, 0.05) is 11.7 Å². The second-order valence-electron chi connectivity index (χ2n) is 6.70. The molecule has 2 fully saturated rings. The quantitative estimate of drug-likeness (QED) is 0.873. The second kappa shape index (κ2) is 6.18. The number of para-hydroxylation sites is 1. The van der Waals surface area contributed by atoms with Crippen molar-refractivity contribution in [1.82, 2.24) is 5.32 Å². The molecule has 1 aromatic carbocycles. The molecule has 0 aromatic heterocycles. The van der Waals surface area contributed by atoms with Crippen LogP contribution in [-0.2, 0) is 4.79 Å². The van der Waals surface area contributed by atoms with Gasteiger partial charge in [-0.2, -0.15) is 0 Å². The summed E-state index contributed by atoms with van der Waals surface area (Å²) < 4.78 is 0. The van der Waals surface area contributed by atoms with Crippen LogP contribution in [0.1, 0.15) is 49.7 Å². The van der Waals surface area contributed by atoms with Crippen LogP contribution in [0.5, 0.6) is 0 Å². The Bertz CT molecular complexity index is 506. The number of anilines is 1. The van der Waals surface area contributed by atoms with Gasteiger partial charge >= 0.3 is 0 Å². The lowest BCUT2D eigenvalue weighted by atomic mass is 9.77. The number of amides is 1. The number of nitrogens with one attached hydrogen (secondary N) is 2. The maximum absolute atomic E-state index is 12.6. The molecule has 1 aliphatic heterocycles. The maximum atomic E-state index is 12.6. The van der Waals surface area contributed by atoms with E-state index in [4.69, 9.17) is 0 Å². The minimum atomic E-state index is -0.0247. The van der Waals surface area contributed by atoms with E-state index in [1.165, 1.54) is 32.1 Å². The van der Waals surface area contributed by atoms with Gasteiger partial charge in [-0.25, -0.2) is 0 Å². The van der Waals surface area contributed by atoms with Crippen LogP contribution in [0.25, 0.3) is 0 Å². The first-order valence-corrected chi connectivity index (χ1v) is 8.28. The summed E-state index contributed by atoms with van der Waals surface area (Å²) in [6.07, 6.45) is 7.41. The molecule has 21 heavy (non-hydrogen) atoms. The molecular formula is C18H26N2O. The van der Waals surface area contributed by atoms with E-state index in [9.17, 15) is 4.79 Å². The number of benzene rings is 1. The molecule has 3 rings (SSSR count). The van der Waals surface area contributed by atoms with Crippen LogP contribution in [-0.4, -0.2) is 18.0 Å². The Balaban J connectivity index is 1.66. The van der Waals surface area contributed by atoms with Crippen molar-refractivity contribution in [3.8, 4) is 0 Å². The van der Waals surface area contributed by atoms with Crippen LogP contribution in [0.3, 0.4) is 0 Å². The number of rotatable bonds is 2. The lowest BCUT2D eigenvalue weighted by Gasteiger charge is -2.40. The van der Waals surface area contributed by atoms with Crippen LogP contribution in [0.4, 0.5) is 5.69 Å². The molecule has 1 aliphatic carbocycles. The number of aryl methyl sites for hydroxylation is 2. The largest absolute Gasteiger partial charge is 0.324 e. The van der Waals surface area contributed by atoms with E-state index in [1.54, 1.807) is 0 Å². The van der Waals surface area contributed by atoms with Crippen molar-refractivity contribution in [2.75, 3.05) is 5.32 Å². The third kappa shape index (κ3) is 3.13. The third-order valence-electron chi connectivity index (χ3n) is 5.20. The van der Waals surface area contributed by atoms with Gasteiger partial charge in [0.05, 0.1) is 6.04 Å². The number of carbonyl (C=O) groups excluding carboxylic acids is 1. The minimum absolute atomic E-state index is 0.0247. The van der Waals surface area contributed by atoms with E-state index >= 15 is 0 Å². The fourth-order valence-electron chi connectivity index (χ4n) is 3.92. The monoisotopic (exact) mass is 286 g/mol. The number of fused-ring (bicyclic) bond motifs is 1. The molecule has 0 bridgehead atoms. The van der Waals surface area contributed by atoms with E-state index in [0.29, 0.717) is 6.04 Å². The fraction of sp³-hybridized carbons (Fsp3) is 0.611. The van der Waals surface area contributed by atoms with Gasteiger partial charge in [0.25, 0.3) is 0 Å². The van der Waals surface area contributed by atoms with Crippen molar-refractivity contribution in [2.24, 2.45) is 5.92 Å². The summed E-state index contributed by atoms with van der Waals surface area (Å²) in [6.45, 7) is 4.10. The molecule has 0 radical (unpaired) electrons. The van der Waals surface area contributed by atoms with Gasteiger partial charge in [-0.1, -0.05) is 31.0 Å². The van der Waals surface area contributed by atoms with Crippen molar-refractivity contribution < 1.29 is 4.79 Å². The number of hydrogen-bond donors (Lipinski definition) is 2. The lowest BCUT2D eigenvalue weighted by molar-refractivity contribution is -0.119. The highest BCUT2D eigenvalue weighted by Gasteiger charge is 2.34. The normalized spacial score (nSPS) is 28.8. The predicted octanol–water partition coefficient (Wildman–Crippen LogP) is 3.55. The third-order valence-corrected chi connectivity index (χ3v) is 5.20. The average molecular weight is 286 g/mol. The highest BCUT2D eigenvalue weighted by molar-refractivity contribution is 5.96. The van der Waals surface area contributed by atoms with Crippen molar-refractivity contribution >= 4 is 11.6 Å². The van der Waals surface area contributed by atoms with Crippen molar-refractivity contribution in [2.45, 2.75) is 64.5 Å². The van der Waals surface area contributed by atoms with Crippen molar-refractivity contribution in [3.05, 3.63) is 29.3 Å². The minimum Gasteiger partial charge on any atom is -0.324 e. The van der Waals surface area contributed by atoms with Gasteiger partial charge in [-0.3, -0.25) is 4.79 Å². The molecular weight excluding hydrogens is 260 g/mol. The zero-order chi connectivity index (χ0) is 14.8. The SMILES string of the molecule is Cc1cccc(C)c1NC(=O)C1CCC2CCCCC2N1. The molecule has 3 atom stereocenters. The second-order valence-corrected chi connectivity index (χ2v) is 6.70. The van der Waals surface area contributed by atoms with Gasteiger partial charge in [-0.15, -0.1) is 0 Å². The molecule has 1 saturated heterocycles. The van der Waals surface area contributed by atoms with Crippen molar-refractivity contribution in [3.63, 3.8) is 0 Å². The Morgan fingerprint density at radius 1 is 1.10 bits per heavy atom. The Morgan fingerprint density at radius 3 is 2.57 bits per heavy atom. The Hall–Kier alpha value is -1.35. The number of hydrogen-bond acceptors (Lipinski definition) is 2. The molecule has 1 amide bonds. The van der Waals surface area contributed by atoms with Crippen molar-refractivity contribution in [1.29, 1.82) is 0 Å². The van der Waals surface area contributed by atoms with Crippen LogP contribution in [0, 0.1) is 19.8 Å². The smallest absolute Gasteiger partial charge is 0.241 e. The first-order chi connectivity index (χ1) is 10.1. The average Bonchev–Trinajstić information content (AvgIpc) is 2.50. The first-order valence-electron chi connectivity index (χ1n) is 8.28. The zero-order valence-electron chi connectivity index (χ0n) is 13.1. The van der Waals surface area contributed by atoms with Crippen LogP contribution in [0.15, 0.2) is 18.2 Å². The number of piperidine rings is 1. The highest BCUT2D eigenvalue weighted by atomic mass is 16.2. The van der Waals surface area contributed by atoms with Gasteiger partial charge in [-0.05, 0) is 56.6 Å². The fourth-order valence-corrected chi connectivity index (χ4v) is 3.92. The summed E-state index contributed by atoms with van der Waals surface area (Å²) in [5, 5.41) is 6.74. The van der Waals surface area contributed by atoms with E-state index in [1.807, 2.05) is 32.0 Å². The van der Waals surface area contributed by atoms with E-state index in [0.717, 1.165) is 29.2 Å². The molecule has 3 unspecified atom stereocenters. The maximum Gasteiger partial charge on any atom is 0.241 e. The predicted molar refractivity (Wildman–Crippen MR) is 86.4 cm³/mol. The molecule has 2 N–H and O–H groups in total. The van der Waals surface area contributed by atoms with Crippen LogP contribution < -0.4 is 10.6 Å². The van der Waals surface area contributed by atoms with E-state index in [2.05, 4.69) is 10.6 Å². The Kier molecular flexibility index (Phi) is 4.29. The standard InChI is InChI=1S/C18H26N2O/c1-12-6-5-7-13(2)17(12)20-18(21)16-11-10-14-8-3-4-9-15(14)19-16/h5-7,14-16,19H,3-4,8-11H2,1-2H3,(H,20,21). The summed E-state index contributed by atoms with van der Waals surface area (Å²) in [5.41, 5.74) is 3.25. The lowest BCUT2D eigenvalue weighted by Crippen LogP contribution is -2.53. The summed E-state index contributed by atoms with van der Waals surface area (Å²) in [5.74, 6) is 0.930. The summed E-state index contributed by atoms with van der Waals surface area (Å²) in [7, 11) is 0. The van der Waals surface area contributed by atoms with E-state index < -0.39 is 0 Å². The van der Waals surface area contributed by atoms with Gasteiger partial charge < -0.3 is 10.6 Å². The summed E-state index contributed by atoms with van der Waals surface area (Å²) >= 11 is 0. The molecule has 2 aliphatic rings. The molecule has 3 heteroatoms. The Labute approximate surface area is 127 Å². The molecule has 0 spiro atoms. The highest BCUT2D eigenvalue weighted by Crippen LogP contribution is 2.32. The van der Waals surface area contributed by atoms with E-state index in [-0.39, 0.29) is 11.9 Å². The van der Waals surface area contributed by atoms with Crippen LogP contribution in [0.2, 0.25) is 0 Å². The Morgan fingerprint density at radius 2 is 1.81 bits per heavy atom. The summed E-state index contributed by atoms with van der Waals surface area (Å²) in [4.78, 5) is 12.6. The van der Waals surface area contributed by atoms with Gasteiger partial charge in [0.2, 0.25) is 5.91 Å². The van der Waals surface area contributed by atoms with Gasteiger partial charge in [0.1, 0.15) is 0 Å². The summed E-state index contributed by atoms with van der Waals surface area (Å²) in [6, 6.07) is 6.66. The molecule has 1 heterocycles. The number of carbonyl (C=O) groups is 1. The molecule has 114 valence electrons. The topological polar surface area (TPSA) is 41.1 Å². The molecule has 3 nitrogen and oxygen atoms in total. The van der Waals surface area contributed by atoms with Crippen LogP contribution >= 0.6 is 0 Å². The first kappa shape index (κ1) is 14.6.